The third-order valence-electron chi connectivity index (χ3n) is 3.57. The third kappa shape index (κ3) is 11.7. The largest absolute Gasteiger partial charge is 0.490 e. The number of amidine groups is 1. The van der Waals surface area contributed by atoms with Crippen LogP contribution in [-0.2, 0) is 20.8 Å². The van der Waals surface area contributed by atoms with E-state index in [9.17, 15) is 31.1 Å². The van der Waals surface area contributed by atoms with Gasteiger partial charge in [0.2, 0.25) is 5.91 Å². The van der Waals surface area contributed by atoms with Crippen molar-refractivity contribution in [3.63, 3.8) is 0 Å². The van der Waals surface area contributed by atoms with Gasteiger partial charge in [0, 0.05) is 31.7 Å². The van der Waals surface area contributed by atoms with Crippen molar-refractivity contribution < 1.29 is 50.9 Å². The summed E-state index contributed by atoms with van der Waals surface area (Å²) in [4.78, 5) is 31.7. The number of halogens is 6. The molecule has 9 nitrogen and oxygen atoms in total. The van der Waals surface area contributed by atoms with E-state index in [0.29, 0.717) is 12.0 Å². The van der Waals surface area contributed by atoms with E-state index in [1.165, 1.54) is 0 Å². The molecule has 1 saturated heterocycles. The molecule has 32 heavy (non-hydrogen) atoms. The molecule has 0 spiro atoms. The standard InChI is InChI=1S/C13H18N4O.2C2HF3O2/c14-13(15)11-3-1-10(2-4-11)9-12(18)17-7-5-16-6-8-17;2*3-2(4,5)1(6)7/h1-4,16H,5-9H2,(H3,14,15);2*(H,6,7). The van der Waals surface area contributed by atoms with Crippen LogP contribution in [0.3, 0.4) is 0 Å². The first-order chi connectivity index (χ1) is 14.6. The topological polar surface area (TPSA) is 157 Å². The Morgan fingerprint density at radius 2 is 1.31 bits per heavy atom. The second-order valence-corrected chi connectivity index (χ2v) is 6.02. The van der Waals surface area contributed by atoms with Gasteiger partial charge in [0.25, 0.3) is 0 Å². The Balaban J connectivity index is 0.000000570. The summed E-state index contributed by atoms with van der Waals surface area (Å²) in [6.07, 6.45) is -9.75. The Morgan fingerprint density at radius 3 is 1.62 bits per heavy atom. The van der Waals surface area contributed by atoms with E-state index in [-0.39, 0.29) is 11.7 Å². The minimum absolute atomic E-state index is 0.0509. The van der Waals surface area contributed by atoms with E-state index in [1.54, 1.807) is 12.1 Å². The summed E-state index contributed by atoms with van der Waals surface area (Å²) in [5.41, 5.74) is 7.03. The van der Waals surface area contributed by atoms with Crippen LogP contribution in [0.15, 0.2) is 24.3 Å². The lowest BCUT2D eigenvalue weighted by molar-refractivity contribution is -0.193. The molecule has 1 heterocycles. The van der Waals surface area contributed by atoms with Crippen molar-refractivity contribution in [3.8, 4) is 0 Å². The van der Waals surface area contributed by atoms with Crippen LogP contribution >= 0.6 is 0 Å². The Morgan fingerprint density at radius 1 is 0.938 bits per heavy atom. The number of benzene rings is 1. The van der Waals surface area contributed by atoms with Crippen molar-refractivity contribution in [2.45, 2.75) is 18.8 Å². The molecule has 0 radical (unpaired) electrons. The molecule has 0 bridgehead atoms. The summed E-state index contributed by atoms with van der Waals surface area (Å²) in [5.74, 6) is -5.30. The average Bonchev–Trinajstić information content (AvgIpc) is 2.68. The number of nitrogen functional groups attached to an aromatic ring is 1. The predicted octanol–water partition coefficient (Wildman–Crippen LogP) is 1.21. The fraction of sp³-hybridized carbons (Fsp3) is 0.412. The number of rotatable bonds is 3. The summed E-state index contributed by atoms with van der Waals surface area (Å²) in [5, 5.41) is 24.8. The van der Waals surface area contributed by atoms with Gasteiger partial charge in [0.05, 0.1) is 6.42 Å². The number of carbonyl (C=O) groups is 3. The van der Waals surface area contributed by atoms with Crippen molar-refractivity contribution in [2.75, 3.05) is 26.2 Å². The van der Waals surface area contributed by atoms with Gasteiger partial charge in [-0.15, -0.1) is 0 Å². The molecule has 1 fully saturated rings. The number of carbonyl (C=O) groups excluding carboxylic acids is 1. The quantitative estimate of drug-likeness (QED) is 0.250. The monoisotopic (exact) mass is 474 g/mol. The normalized spacial score (nSPS) is 13.6. The lowest BCUT2D eigenvalue weighted by Gasteiger charge is -2.27. The number of nitrogens with one attached hydrogen (secondary N) is 2. The van der Waals surface area contributed by atoms with Crippen molar-refractivity contribution in [2.24, 2.45) is 5.73 Å². The SMILES string of the molecule is N=C(N)c1ccc(CC(=O)N2CCNCC2)cc1.O=C(O)C(F)(F)F.O=C(O)C(F)(F)F. The summed E-state index contributed by atoms with van der Waals surface area (Å²) in [6.45, 7) is 3.30. The van der Waals surface area contributed by atoms with Gasteiger partial charge in [-0.3, -0.25) is 10.2 Å². The number of nitrogens with zero attached hydrogens (tertiary/aromatic N) is 1. The molecule has 1 aliphatic rings. The molecule has 0 aliphatic carbocycles. The van der Waals surface area contributed by atoms with Crippen LogP contribution in [0.4, 0.5) is 26.3 Å². The number of hydrogen-bond donors (Lipinski definition) is 5. The minimum Gasteiger partial charge on any atom is -0.475 e. The zero-order valence-electron chi connectivity index (χ0n) is 16.3. The Hall–Kier alpha value is -3.36. The minimum atomic E-state index is -5.08. The summed E-state index contributed by atoms with van der Waals surface area (Å²) in [7, 11) is 0. The highest BCUT2D eigenvalue weighted by molar-refractivity contribution is 5.95. The third-order valence-corrected chi connectivity index (χ3v) is 3.57. The van der Waals surface area contributed by atoms with Crippen LogP contribution < -0.4 is 11.1 Å². The van der Waals surface area contributed by atoms with Crippen molar-refractivity contribution >= 4 is 23.7 Å². The highest BCUT2D eigenvalue weighted by atomic mass is 19.4. The van der Waals surface area contributed by atoms with Crippen LogP contribution in [0.5, 0.6) is 0 Å². The first-order valence-electron chi connectivity index (χ1n) is 8.57. The van der Waals surface area contributed by atoms with E-state index in [0.717, 1.165) is 31.7 Å². The molecule has 1 aromatic carbocycles. The molecular formula is C17H20F6N4O5. The van der Waals surface area contributed by atoms with E-state index < -0.39 is 24.3 Å². The molecule has 0 saturated carbocycles. The fourth-order valence-electron chi connectivity index (χ4n) is 2.00. The molecule has 0 unspecified atom stereocenters. The number of carboxylic acids is 2. The maximum Gasteiger partial charge on any atom is 0.490 e. The van der Waals surface area contributed by atoms with Crippen LogP contribution in [0.2, 0.25) is 0 Å². The first kappa shape index (κ1) is 28.6. The molecule has 0 atom stereocenters. The second-order valence-electron chi connectivity index (χ2n) is 6.02. The second kappa shape index (κ2) is 12.5. The smallest absolute Gasteiger partial charge is 0.475 e. The van der Waals surface area contributed by atoms with Gasteiger partial charge < -0.3 is 26.2 Å². The molecule has 180 valence electrons. The molecule has 1 aliphatic heterocycles. The maximum absolute atomic E-state index is 12.0. The van der Waals surface area contributed by atoms with Gasteiger partial charge in [-0.05, 0) is 5.56 Å². The Labute approximate surface area is 177 Å². The van der Waals surface area contributed by atoms with Crippen molar-refractivity contribution in [3.05, 3.63) is 35.4 Å². The Kier molecular flexibility index (Phi) is 11.2. The van der Waals surface area contributed by atoms with Gasteiger partial charge in [0.1, 0.15) is 5.84 Å². The molecular weight excluding hydrogens is 454 g/mol. The van der Waals surface area contributed by atoms with E-state index in [1.807, 2.05) is 17.0 Å². The summed E-state index contributed by atoms with van der Waals surface area (Å²) < 4.78 is 63.5. The Bertz CT molecular complexity index is 766. The lowest BCUT2D eigenvalue weighted by Crippen LogP contribution is -2.46. The lowest BCUT2D eigenvalue weighted by atomic mass is 10.1. The zero-order valence-corrected chi connectivity index (χ0v) is 16.3. The van der Waals surface area contributed by atoms with Gasteiger partial charge in [-0.2, -0.15) is 26.3 Å². The number of carboxylic acid groups (broad SMARTS) is 2. The molecule has 1 aromatic rings. The number of aliphatic carboxylic acids is 2. The number of amides is 1. The van der Waals surface area contributed by atoms with Crippen LogP contribution in [0.25, 0.3) is 0 Å². The highest BCUT2D eigenvalue weighted by Gasteiger charge is 2.38. The molecule has 2 rings (SSSR count). The fourth-order valence-corrected chi connectivity index (χ4v) is 2.00. The van der Waals surface area contributed by atoms with E-state index >= 15 is 0 Å². The first-order valence-corrected chi connectivity index (χ1v) is 8.57. The zero-order chi connectivity index (χ0) is 25.1. The van der Waals surface area contributed by atoms with Crippen molar-refractivity contribution in [1.29, 1.82) is 5.41 Å². The van der Waals surface area contributed by atoms with E-state index in [4.69, 9.17) is 30.9 Å². The average molecular weight is 474 g/mol. The van der Waals surface area contributed by atoms with Gasteiger partial charge >= 0.3 is 24.3 Å². The summed E-state index contributed by atoms with van der Waals surface area (Å²) >= 11 is 0. The summed E-state index contributed by atoms with van der Waals surface area (Å²) in [6, 6.07) is 7.28. The van der Waals surface area contributed by atoms with Crippen LogP contribution in [0.1, 0.15) is 11.1 Å². The van der Waals surface area contributed by atoms with Gasteiger partial charge in [-0.1, -0.05) is 24.3 Å². The van der Waals surface area contributed by atoms with Gasteiger partial charge in [-0.25, -0.2) is 9.59 Å². The van der Waals surface area contributed by atoms with Gasteiger partial charge in [0.15, 0.2) is 0 Å². The molecule has 15 heteroatoms. The van der Waals surface area contributed by atoms with E-state index in [2.05, 4.69) is 5.32 Å². The van der Waals surface area contributed by atoms with Crippen LogP contribution in [0, 0.1) is 5.41 Å². The predicted molar refractivity (Wildman–Crippen MR) is 98.0 cm³/mol. The highest BCUT2D eigenvalue weighted by Crippen LogP contribution is 2.13. The number of alkyl halides is 6. The molecule has 6 N–H and O–H groups in total. The number of piperazine rings is 1. The number of nitrogens with two attached hydrogens (primary N) is 1. The molecule has 1 amide bonds. The van der Waals surface area contributed by atoms with Crippen molar-refractivity contribution in [1.82, 2.24) is 10.2 Å². The molecule has 0 aromatic heterocycles. The number of hydrogen-bond acceptors (Lipinski definition) is 5. The maximum atomic E-state index is 12.0. The van der Waals surface area contributed by atoms with Crippen LogP contribution in [-0.4, -0.2) is 77.3 Å².